The number of rotatable bonds is 0. The van der Waals surface area contributed by atoms with E-state index in [1.54, 1.807) is 119 Å². The largest absolute Gasteiger partial charge is 0.473 e. The minimum Gasteiger partial charge on any atom is -0.473 e. The molecular weight excluding hydrogens is 1070 g/mol. The number of furan rings is 1. The first-order chi connectivity index (χ1) is 37.5. The van der Waals surface area contributed by atoms with Crippen molar-refractivity contribution in [2.45, 2.75) is 0 Å². The van der Waals surface area contributed by atoms with Gasteiger partial charge in [0.15, 0.2) is 12.7 Å². The van der Waals surface area contributed by atoms with Crippen molar-refractivity contribution in [1.29, 1.82) is 0 Å². The summed E-state index contributed by atoms with van der Waals surface area (Å²) < 4.78 is 29.4. The lowest BCUT2D eigenvalue weighted by atomic mass is 10.7. The SMILES string of the molecule is c1c[nH]cn1.c1cc[nH]c1.c1ccoc1.c1ccsc1.c1cn[nH]c1.c1cnoc1.c1cnsc1.c1cocn1.c1cscn1.c1nc[nH]n1.c1nc[nH]n1.c1ncon1.c1ncsn1.c1nnco1.c1nncs1. The van der Waals surface area contributed by atoms with Crippen molar-refractivity contribution >= 4 is 57.1 Å². The zero-order valence-electron chi connectivity index (χ0n) is 38.9. The Morgan fingerprint density at radius 2 is 1.13 bits per heavy atom. The monoisotopic (exact) mass is 1110 g/mol. The third-order valence-corrected chi connectivity index (χ3v) is 7.88. The van der Waals surface area contributed by atoms with E-state index >= 15 is 0 Å². The van der Waals surface area contributed by atoms with E-state index in [9.17, 15) is 0 Å². The molecule has 0 aliphatic carbocycles. The molecule has 0 fully saturated rings. The number of aromatic amines is 5. The van der Waals surface area contributed by atoms with Gasteiger partial charge < -0.3 is 32.3 Å². The summed E-state index contributed by atoms with van der Waals surface area (Å²) in [6, 6.07) is 17.1. The smallest absolute Gasteiger partial charge is 0.213 e. The standard InChI is InChI=1S/C4H5N.C4H4O.C4H4S.2C3H4N2.2C3H3NO.2C3H3NS.2C2H3N3.2C2H2N2O.2C2H2N2S/c3*1-2-4-5-3-1;1-2-5-3-4-1;1-2-4-5-3-1;1-2-5-3-4-1;1-2-4-5-3-1;1-2-5-3-4-1;1-2-4-5-3-1;2*1-3-2-5-4-1;1-3-4-2-5-1;1-3-2-5-4-1;1-3-4-2-5-1;1-3-2-5-4-1/h1-5H;2*1-4H;2*1-3H,(H,4,5);4*1-3H;2*1-2H,(H,3,4,5);4*1-2H. The molecular formula is C42H47N23O5S5. The molecule has 390 valence electrons. The third-order valence-electron chi connectivity index (χ3n) is 5.34. The van der Waals surface area contributed by atoms with Gasteiger partial charge in [-0.1, -0.05) is 22.4 Å². The number of hydrogen-bond acceptors (Lipinski definition) is 28. The van der Waals surface area contributed by atoms with E-state index in [0.717, 1.165) is 0 Å². The molecule has 5 N–H and O–H groups in total. The first-order valence-corrected chi connectivity index (χ1v) is 24.5. The summed E-state index contributed by atoms with van der Waals surface area (Å²) in [7, 11) is 0. The number of hydrogen-bond donors (Lipinski definition) is 5. The number of imidazole rings is 1. The van der Waals surface area contributed by atoms with Crippen LogP contribution in [0.3, 0.4) is 0 Å². The highest BCUT2D eigenvalue weighted by Crippen LogP contribution is 1.91. The molecule has 15 heterocycles. The highest BCUT2D eigenvalue weighted by Gasteiger charge is 1.66. The molecule has 0 aliphatic rings. The van der Waals surface area contributed by atoms with Gasteiger partial charge in [0, 0.05) is 60.3 Å². The third kappa shape index (κ3) is 58.3. The second kappa shape index (κ2) is 60.2. The van der Waals surface area contributed by atoms with Gasteiger partial charge >= 0.3 is 0 Å². The maximum atomic E-state index is 4.58. The molecule has 15 aromatic heterocycles. The molecule has 0 aromatic carbocycles. The fourth-order valence-corrected chi connectivity index (χ4v) is 4.44. The average Bonchev–Trinajstić information content (AvgIpc) is 4.36. The Morgan fingerprint density at radius 1 is 0.333 bits per heavy atom. The van der Waals surface area contributed by atoms with Crippen molar-refractivity contribution in [2.75, 3.05) is 0 Å². The summed E-state index contributed by atoms with van der Waals surface area (Å²) in [4.78, 5) is 30.8. The molecule has 0 atom stereocenters. The zero-order chi connectivity index (χ0) is 53.0. The van der Waals surface area contributed by atoms with Crippen molar-refractivity contribution in [3.63, 3.8) is 0 Å². The highest BCUT2D eigenvalue weighted by atomic mass is 32.1. The molecule has 0 unspecified atom stereocenters. The topological polar surface area (TPSA) is 377 Å². The minimum atomic E-state index is 1.26. The Hall–Kier alpha value is -9.96. The molecule has 0 bridgehead atoms. The second-order valence-corrected chi connectivity index (χ2v) is 13.9. The van der Waals surface area contributed by atoms with E-state index in [-0.39, 0.29) is 0 Å². The van der Waals surface area contributed by atoms with E-state index in [4.69, 9.17) is 0 Å². The first-order valence-electron chi connectivity index (χ1n) is 20.0. The Bertz CT molecular complexity index is 1730. The van der Waals surface area contributed by atoms with E-state index in [1.807, 2.05) is 82.4 Å². The zero-order valence-corrected chi connectivity index (χ0v) is 43.0. The summed E-state index contributed by atoms with van der Waals surface area (Å²) >= 11 is 7.62. The first kappa shape index (κ1) is 63.1. The number of oxazole rings is 1. The van der Waals surface area contributed by atoms with Crippen molar-refractivity contribution in [2.24, 2.45) is 0 Å². The van der Waals surface area contributed by atoms with Gasteiger partial charge in [0.2, 0.25) is 19.2 Å². The molecule has 0 radical (unpaired) electrons. The van der Waals surface area contributed by atoms with Gasteiger partial charge in [0.05, 0.1) is 36.8 Å². The number of aromatic nitrogens is 23. The normalized spacial score (nSPS) is 8.00. The van der Waals surface area contributed by atoms with Crippen LogP contribution >= 0.6 is 57.1 Å². The number of thiophene rings is 1. The number of nitrogens with zero attached hydrogens (tertiary/aromatic N) is 18. The molecule has 0 amide bonds. The van der Waals surface area contributed by atoms with Crippen LogP contribution < -0.4 is 0 Å². The lowest BCUT2D eigenvalue weighted by Crippen LogP contribution is -1.53. The van der Waals surface area contributed by atoms with Gasteiger partial charge in [-0.25, -0.2) is 34.3 Å². The molecule has 15 rings (SSSR count). The van der Waals surface area contributed by atoms with Crippen LogP contribution in [0.4, 0.5) is 0 Å². The number of thiazole rings is 1. The maximum absolute atomic E-state index is 4.58. The molecule has 33 heteroatoms. The summed E-state index contributed by atoms with van der Waals surface area (Å²) in [5, 5.41) is 46.3. The molecule has 0 spiro atoms. The van der Waals surface area contributed by atoms with Crippen LogP contribution in [-0.4, -0.2) is 115 Å². The van der Waals surface area contributed by atoms with Gasteiger partial charge in [-0.15, -0.1) is 43.1 Å². The van der Waals surface area contributed by atoms with Crippen molar-refractivity contribution < 1.29 is 22.3 Å². The number of nitrogens with one attached hydrogen (secondary N) is 5. The van der Waals surface area contributed by atoms with Gasteiger partial charge in [0.25, 0.3) is 0 Å². The van der Waals surface area contributed by atoms with Gasteiger partial charge in [-0.3, -0.25) is 20.3 Å². The predicted molar refractivity (Wildman–Crippen MR) is 279 cm³/mol. The van der Waals surface area contributed by atoms with Crippen LogP contribution in [0.15, 0.2) is 277 Å². The molecule has 75 heavy (non-hydrogen) atoms. The van der Waals surface area contributed by atoms with E-state index in [0.29, 0.717) is 0 Å². The van der Waals surface area contributed by atoms with E-state index in [2.05, 4.69) is 137 Å². The van der Waals surface area contributed by atoms with Crippen molar-refractivity contribution in [1.82, 2.24) is 115 Å². The van der Waals surface area contributed by atoms with Crippen LogP contribution in [0.1, 0.15) is 0 Å². The van der Waals surface area contributed by atoms with Crippen molar-refractivity contribution in [3.05, 3.63) is 255 Å². The second-order valence-electron chi connectivity index (χ2n) is 10.3. The summed E-state index contributed by atoms with van der Waals surface area (Å²) in [5.74, 6) is 0. The summed E-state index contributed by atoms with van der Waals surface area (Å²) in [6.45, 7) is 0. The lowest BCUT2D eigenvalue weighted by Gasteiger charge is -1.50. The fourth-order valence-electron chi connectivity index (χ4n) is 2.74. The van der Waals surface area contributed by atoms with Crippen LogP contribution in [-0.2, 0) is 0 Å². The van der Waals surface area contributed by atoms with Crippen LogP contribution in [0, 0.1) is 0 Å². The Labute approximate surface area is 447 Å². The van der Waals surface area contributed by atoms with Gasteiger partial charge in [-0.2, -0.15) is 31.0 Å². The lowest BCUT2D eigenvalue weighted by molar-refractivity contribution is 0.416. The molecule has 15 aromatic rings. The molecule has 0 aliphatic heterocycles. The minimum absolute atomic E-state index is 1.26. The maximum Gasteiger partial charge on any atom is 0.213 e. The van der Waals surface area contributed by atoms with Gasteiger partial charge in [-0.05, 0) is 76.3 Å². The molecule has 28 nitrogen and oxygen atoms in total. The predicted octanol–water partition coefficient (Wildman–Crippen LogP) is 9.32. The summed E-state index contributed by atoms with van der Waals surface area (Å²) in [5.41, 5.74) is 6.83. The molecule has 0 saturated carbocycles. The Balaban J connectivity index is 0.000000402. The van der Waals surface area contributed by atoms with Crippen LogP contribution in [0.2, 0.25) is 0 Å². The Morgan fingerprint density at radius 3 is 1.32 bits per heavy atom. The van der Waals surface area contributed by atoms with E-state index < -0.39 is 0 Å². The van der Waals surface area contributed by atoms with Crippen LogP contribution in [0.25, 0.3) is 0 Å². The van der Waals surface area contributed by atoms with Gasteiger partial charge in [0.1, 0.15) is 60.7 Å². The summed E-state index contributed by atoms with van der Waals surface area (Å²) in [6.07, 6.45) is 39.2. The Kier molecular flexibility index (Phi) is 50.6. The van der Waals surface area contributed by atoms with E-state index in [1.165, 1.54) is 110 Å². The average molecular weight is 1110 g/mol. The number of H-pyrrole nitrogens is 5. The van der Waals surface area contributed by atoms with Crippen LogP contribution in [0.5, 0.6) is 0 Å². The highest BCUT2D eigenvalue weighted by molar-refractivity contribution is 7.08. The van der Waals surface area contributed by atoms with Crippen molar-refractivity contribution in [3.8, 4) is 0 Å². The fraction of sp³-hybridized carbons (Fsp3) is 0. The quantitative estimate of drug-likeness (QED) is 0.0943. The molecule has 0 saturated heterocycles.